The molecular weight excluding hydrogens is 238 g/mol. The predicted molar refractivity (Wildman–Crippen MR) is 78.9 cm³/mol. The maximum absolute atomic E-state index is 3.57. The molecule has 18 heavy (non-hydrogen) atoms. The molecule has 1 unspecified atom stereocenters. The summed E-state index contributed by atoms with van der Waals surface area (Å²) in [5.41, 5.74) is 0. The summed E-state index contributed by atoms with van der Waals surface area (Å²) in [6, 6.07) is 0. The van der Waals surface area contributed by atoms with Crippen molar-refractivity contribution < 1.29 is 0 Å². The van der Waals surface area contributed by atoms with E-state index in [4.69, 9.17) is 0 Å². The molecule has 1 nitrogen and oxygen atoms in total. The Morgan fingerprint density at radius 2 is 1.67 bits per heavy atom. The fourth-order valence-corrected chi connectivity index (χ4v) is 7.13. The maximum atomic E-state index is 3.57. The number of nitrogens with one attached hydrogen (secondary N) is 1. The Morgan fingerprint density at radius 1 is 0.944 bits per heavy atom. The van der Waals surface area contributed by atoms with Crippen molar-refractivity contribution in [3.8, 4) is 0 Å². The van der Waals surface area contributed by atoms with Crippen LogP contribution in [0.3, 0.4) is 0 Å². The lowest BCUT2D eigenvalue weighted by atomic mass is 9.52. The number of hydrogen-bond donors (Lipinski definition) is 1. The van der Waals surface area contributed by atoms with E-state index in [1.54, 1.807) is 32.1 Å². The van der Waals surface area contributed by atoms with Gasteiger partial charge in [-0.1, -0.05) is 0 Å². The number of thioether (sulfide) groups is 1. The quantitative estimate of drug-likeness (QED) is 0.837. The molecule has 0 amide bonds. The van der Waals surface area contributed by atoms with Crippen molar-refractivity contribution in [1.82, 2.24) is 5.32 Å². The first-order chi connectivity index (χ1) is 8.88. The first-order valence-corrected chi connectivity index (χ1v) is 9.25. The third kappa shape index (κ3) is 2.24. The van der Waals surface area contributed by atoms with Crippen LogP contribution in [0, 0.1) is 29.6 Å². The third-order valence-electron chi connectivity index (χ3n) is 6.20. The molecule has 0 aromatic carbocycles. The monoisotopic (exact) mass is 265 g/mol. The average Bonchev–Trinajstić information content (AvgIpc) is 2.38. The summed E-state index contributed by atoms with van der Waals surface area (Å²) in [6.07, 6.45) is 10.9. The topological polar surface area (TPSA) is 12.0 Å². The van der Waals surface area contributed by atoms with Crippen LogP contribution in [-0.2, 0) is 0 Å². The summed E-state index contributed by atoms with van der Waals surface area (Å²) in [7, 11) is 0. The Bertz CT molecular complexity index is 269. The van der Waals surface area contributed by atoms with E-state index in [9.17, 15) is 0 Å². The van der Waals surface area contributed by atoms with Crippen molar-refractivity contribution in [2.75, 3.05) is 18.8 Å². The summed E-state index contributed by atoms with van der Waals surface area (Å²) in [4.78, 5) is 0. The van der Waals surface area contributed by atoms with Crippen molar-refractivity contribution in [3.05, 3.63) is 0 Å². The molecule has 0 spiro atoms. The van der Waals surface area contributed by atoms with Gasteiger partial charge in [0.15, 0.2) is 0 Å². The second-order valence-electron chi connectivity index (χ2n) is 7.40. The first-order valence-electron chi connectivity index (χ1n) is 8.21. The van der Waals surface area contributed by atoms with Gasteiger partial charge in [-0.15, -0.1) is 0 Å². The van der Waals surface area contributed by atoms with Crippen LogP contribution in [0.2, 0.25) is 0 Å². The van der Waals surface area contributed by atoms with Crippen LogP contribution >= 0.6 is 11.8 Å². The second kappa shape index (κ2) is 5.01. The van der Waals surface area contributed by atoms with Gasteiger partial charge in [0, 0.05) is 11.8 Å². The molecule has 0 radical (unpaired) electrons. The zero-order valence-corrected chi connectivity index (χ0v) is 12.3. The predicted octanol–water partition coefficient (Wildman–Crippen LogP) is 3.54. The minimum absolute atomic E-state index is 0.927. The highest BCUT2D eigenvalue weighted by Crippen LogP contribution is 2.57. The Labute approximate surface area is 116 Å². The smallest absolute Gasteiger partial charge is 0.0173 e. The molecule has 0 aromatic heterocycles. The van der Waals surface area contributed by atoms with E-state index < -0.39 is 0 Å². The van der Waals surface area contributed by atoms with Crippen molar-refractivity contribution >= 4 is 11.8 Å². The highest BCUT2D eigenvalue weighted by atomic mass is 32.2. The van der Waals surface area contributed by atoms with Gasteiger partial charge in [-0.25, -0.2) is 0 Å². The lowest BCUT2D eigenvalue weighted by Gasteiger charge is -2.54. The highest BCUT2D eigenvalue weighted by molar-refractivity contribution is 7.99. The second-order valence-corrected chi connectivity index (χ2v) is 8.73. The van der Waals surface area contributed by atoms with Gasteiger partial charge in [-0.2, -0.15) is 11.8 Å². The van der Waals surface area contributed by atoms with Gasteiger partial charge in [-0.05, 0) is 86.8 Å². The summed E-state index contributed by atoms with van der Waals surface area (Å²) in [5.74, 6) is 7.14. The molecule has 2 heteroatoms. The van der Waals surface area contributed by atoms with Crippen LogP contribution < -0.4 is 5.32 Å². The van der Waals surface area contributed by atoms with E-state index in [-0.39, 0.29) is 0 Å². The number of rotatable bonds is 3. The molecule has 4 saturated carbocycles. The Kier molecular flexibility index (Phi) is 3.36. The molecule has 4 aliphatic carbocycles. The summed E-state index contributed by atoms with van der Waals surface area (Å²) >= 11 is 2.31. The van der Waals surface area contributed by atoms with E-state index >= 15 is 0 Å². The van der Waals surface area contributed by atoms with Crippen LogP contribution in [0.5, 0.6) is 0 Å². The van der Waals surface area contributed by atoms with Crippen LogP contribution in [0.25, 0.3) is 0 Å². The van der Waals surface area contributed by atoms with Crippen molar-refractivity contribution in [1.29, 1.82) is 0 Å². The molecule has 1 N–H and O–H groups in total. The lowest BCUT2D eigenvalue weighted by molar-refractivity contribution is -0.0262. The normalized spacial score (nSPS) is 50.7. The fourth-order valence-electron chi connectivity index (χ4n) is 5.52. The minimum atomic E-state index is 0.927. The van der Waals surface area contributed by atoms with Gasteiger partial charge in [-0.3, -0.25) is 0 Å². The first kappa shape index (κ1) is 12.1. The fraction of sp³-hybridized carbons (Fsp3) is 1.00. The van der Waals surface area contributed by atoms with Gasteiger partial charge in [0.05, 0.1) is 0 Å². The maximum Gasteiger partial charge on any atom is 0.0173 e. The molecule has 1 aliphatic heterocycles. The van der Waals surface area contributed by atoms with Crippen LogP contribution in [0.1, 0.15) is 44.9 Å². The van der Waals surface area contributed by atoms with Crippen LogP contribution in [0.15, 0.2) is 0 Å². The van der Waals surface area contributed by atoms with Gasteiger partial charge in [0.1, 0.15) is 0 Å². The van der Waals surface area contributed by atoms with E-state index in [1.165, 1.54) is 31.7 Å². The average molecular weight is 265 g/mol. The van der Waals surface area contributed by atoms with E-state index in [0.717, 1.165) is 34.8 Å². The van der Waals surface area contributed by atoms with Gasteiger partial charge < -0.3 is 5.32 Å². The van der Waals surface area contributed by atoms with Gasteiger partial charge in [0.25, 0.3) is 0 Å². The number of hydrogen-bond acceptors (Lipinski definition) is 2. The highest BCUT2D eigenvalue weighted by Gasteiger charge is 2.47. The molecule has 102 valence electrons. The molecule has 0 aromatic rings. The van der Waals surface area contributed by atoms with Crippen molar-refractivity contribution in [2.24, 2.45) is 29.6 Å². The molecular formula is C16H27NS. The summed E-state index contributed by atoms with van der Waals surface area (Å²) in [6.45, 7) is 2.53. The molecule has 5 aliphatic rings. The van der Waals surface area contributed by atoms with E-state index in [0.29, 0.717) is 0 Å². The zero-order valence-electron chi connectivity index (χ0n) is 11.4. The van der Waals surface area contributed by atoms with Crippen molar-refractivity contribution in [2.45, 2.75) is 50.2 Å². The summed E-state index contributed by atoms with van der Waals surface area (Å²) in [5, 5.41) is 4.49. The molecule has 1 atom stereocenters. The Hall–Kier alpha value is 0.310. The van der Waals surface area contributed by atoms with Gasteiger partial charge in [0.2, 0.25) is 0 Å². The molecule has 5 rings (SSSR count). The SMILES string of the molecule is C1CNCC(SCC2C3CC4CC(C3)CC2C4)C1. The Morgan fingerprint density at radius 3 is 2.28 bits per heavy atom. The van der Waals surface area contributed by atoms with Crippen LogP contribution in [0.4, 0.5) is 0 Å². The van der Waals surface area contributed by atoms with Crippen molar-refractivity contribution in [3.63, 3.8) is 0 Å². The van der Waals surface area contributed by atoms with Crippen LogP contribution in [-0.4, -0.2) is 24.1 Å². The standard InChI is InChI=1S/C16H27NS/c1-2-15(9-17-3-1)18-10-16-13-5-11-4-12(7-13)8-14(16)6-11/h11-17H,1-10H2. The molecule has 4 bridgehead atoms. The zero-order chi connectivity index (χ0) is 11.9. The molecule has 1 saturated heterocycles. The third-order valence-corrected chi connectivity index (χ3v) is 7.65. The molecule has 1 heterocycles. The minimum Gasteiger partial charge on any atom is -0.316 e. The number of piperidine rings is 1. The van der Waals surface area contributed by atoms with E-state index in [2.05, 4.69) is 17.1 Å². The largest absolute Gasteiger partial charge is 0.316 e. The van der Waals surface area contributed by atoms with Gasteiger partial charge >= 0.3 is 0 Å². The van der Waals surface area contributed by atoms with E-state index in [1.807, 2.05) is 0 Å². The summed E-state index contributed by atoms with van der Waals surface area (Å²) < 4.78 is 0. The molecule has 5 fully saturated rings. The lowest BCUT2D eigenvalue weighted by Crippen LogP contribution is -2.46. The Balaban J connectivity index is 1.34.